The summed E-state index contributed by atoms with van der Waals surface area (Å²) in [4.78, 5) is 15.4. The van der Waals surface area contributed by atoms with Crippen LogP contribution in [0.5, 0.6) is 5.75 Å². The summed E-state index contributed by atoms with van der Waals surface area (Å²) in [6.07, 6.45) is 0.609. The van der Waals surface area contributed by atoms with Crippen LogP contribution >= 0.6 is 0 Å². The number of nitrogens with zero attached hydrogens (tertiary/aromatic N) is 1. The largest absolute Gasteiger partial charge is 0.485 e. The van der Waals surface area contributed by atoms with E-state index in [0.717, 1.165) is 12.1 Å². The van der Waals surface area contributed by atoms with Gasteiger partial charge < -0.3 is 13.9 Å². The number of carbonyl (C=O) groups is 1. The van der Waals surface area contributed by atoms with Gasteiger partial charge in [-0.3, -0.25) is 5.32 Å². The van der Waals surface area contributed by atoms with Gasteiger partial charge in [0.1, 0.15) is 41.5 Å². The van der Waals surface area contributed by atoms with Gasteiger partial charge in [-0.25, -0.2) is 18.6 Å². The zero-order valence-electron chi connectivity index (χ0n) is 13.7. The minimum absolute atomic E-state index is 0.0283. The quantitative estimate of drug-likeness (QED) is 0.731. The number of halogens is 2. The van der Waals surface area contributed by atoms with E-state index in [0.29, 0.717) is 17.1 Å². The van der Waals surface area contributed by atoms with Crippen molar-refractivity contribution in [2.75, 3.05) is 12.4 Å². The van der Waals surface area contributed by atoms with E-state index in [1.54, 1.807) is 24.3 Å². The molecule has 1 aromatic heterocycles. The van der Waals surface area contributed by atoms with Crippen molar-refractivity contribution in [3.8, 4) is 17.2 Å². The smallest absolute Gasteiger partial charge is 0.411 e. The number of carbonyl (C=O) groups excluding carboxylic acids is 1. The van der Waals surface area contributed by atoms with Crippen LogP contribution in [0.2, 0.25) is 0 Å². The molecule has 0 saturated heterocycles. The van der Waals surface area contributed by atoms with Gasteiger partial charge in [-0.05, 0) is 24.3 Å². The van der Waals surface area contributed by atoms with E-state index >= 15 is 0 Å². The van der Waals surface area contributed by atoms with Crippen LogP contribution in [0.4, 0.5) is 19.3 Å². The third-order valence-electron chi connectivity index (χ3n) is 3.41. The van der Waals surface area contributed by atoms with Crippen LogP contribution in [0.3, 0.4) is 0 Å². The second-order valence-electron chi connectivity index (χ2n) is 5.14. The molecular formula is C18H14F2N2O4. The minimum atomic E-state index is -0.771. The monoisotopic (exact) mass is 360 g/mol. The van der Waals surface area contributed by atoms with E-state index in [2.05, 4.69) is 15.0 Å². The molecule has 3 rings (SSSR count). The second kappa shape index (κ2) is 7.64. The number of para-hydroxylation sites is 2. The number of ether oxygens (including phenoxy) is 2. The van der Waals surface area contributed by atoms with Crippen LogP contribution in [0.25, 0.3) is 11.5 Å². The Morgan fingerprint density at radius 1 is 1.15 bits per heavy atom. The number of rotatable bonds is 5. The molecule has 134 valence electrons. The molecule has 0 aliphatic heterocycles. The topological polar surface area (TPSA) is 73.6 Å². The van der Waals surface area contributed by atoms with E-state index in [1.165, 1.54) is 19.4 Å². The van der Waals surface area contributed by atoms with Crippen LogP contribution in [-0.4, -0.2) is 18.2 Å². The molecule has 0 aliphatic rings. The Kier molecular flexibility index (Phi) is 5.12. The summed E-state index contributed by atoms with van der Waals surface area (Å²) in [5.41, 5.74) is 0.394. The third kappa shape index (κ3) is 3.80. The average molecular weight is 360 g/mol. The summed E-state index contributed by atoms with van der Waals surface area (Å²) >= 11 is 0. The summed E-state index contributed by atoms with van der Waals surface area (Å²) in [5.74, 6) is -1.35. The molecule has 1 heterocycles. The van der Waals surface area contributed by atoms with Crippen molar-refractivity contribution in [3.05, 3.63) is 66.1 Å². The summed E-state index contributed by atoms with van der Waals surface area (Å²) < 4.78 is 42.9. The highest BCUT2D eigenvalue weighted by atomic mass is 19.1. The van der Waals surface area contributed by atoms with Gasteiger partial charge in [0.2, 0.25) is 5.89 Å². The Hall–Kier alpha value is -3.42. The lowest BCUT2D eigenvalue weighted by atomic mass is 10.2. The fraction of sp³-hybridized carbons (Fsp3) is 0.111. The molecule has 1 N–H and O–H groups in total. The highest BCUT2D eigenvalue weighted by Crippen LogP contribution is 2.27. The summed E-state index contributed by atoms with van der Waals surface area (Å²) in [7, 11) is 1.25. The van der Waals surface area contributed by atoms with Crippen LogP contribution < -0.4 is 10.1 Å². The van der Waals surface area contributed by atoms with Crippen LogP contribution in [0, 0.1) is 11.6 Å². The maximum absolute atomic E-state index is 13.8. The van der Waals surface area contributed by atoms with Crippen molar-refractivity contribution in [2.45, 2.75) is 6.61 Å². The Balaban J connectivity index is 1.74. The van der Waals surface area contributed by atoms with Crippen LogP contribution in [0.1, 0.15) is 5.69 Å². The average Bonchev–Trinajstić information content (AvgIpc) is 3.09. The van der Waals surface area contributed by atoms with Crippen molar-refractivity contribution in [1.82, 2.24) is 4.98 Å². The molecule has 3 aromatic rings. The van der Waals surface area contributed by atoms with Gasteiger partial charge in [-0.2, -0.15) is 0 Å². The van der Waals surface area contributed by atoms with E-state index in [9.17, 15) is 13.6 Å². The molecule has 0 atom stereocenters. The van der Waals surface area contributed by atoms with Crippen molar-refractivity contribution in [1.29, 1.82) is 0 Å². The Morgan fingerprint density at radius 3 is 2.62 bits per heavy atom. The van der Waals surface area contributed by atoms with Gasteiger partial charge in [0.15, 0.2) is 0 Å². The van der Waals surface area contributed by atoms with Crippen LogP contribution in [-0.2, 0) is 11.3 Å². The zero-order valence-corrected chi connectivity index (χ0v) is 13.7. The molecule has 2 aromatic carbocycles. The Labute approximate surface area is 147 Å². The summed E-state index contributed by atoms with van der Waals surface area (Å²) in [6, 6.07) is 10.2. The normalized spacial score (nSPS) is 10.4. The molecule has 0 saturated carbocycles. The van der Waals surface area contributed by atoms with E-state index in [1.807, 2.05) is 0 Å². The van der Waals surface area contributed by atoms with E-state index in [4.69, 9.17) is 9.15 Å². The van der Waals surface area contributed by atoms with Crippen molar-refractivity contribution >= 4 is 11.8 Å². The lowest BCUT2D eigenvalue weighted by Gasteiger charge is -2.10. The van der Waals surface area contributed by atoms with Gasteiger partial charge >= 0.3 is 6.09 Å². The summed E-state index contributed by atoms with van der Waals surface area (Å²) in [6.45, 7) is -0.0283. The number of benzene rings is 2. The number of hydrogen-bond acceptors (Lipinski definition) is 5. The molecule has 1 amide bonds. The van der Waals surface area contributed by atoms with Crippen molar-refractivity contribution in [2.24, 2.45) is 0 Å². The van der Waals surface area contributed by atoms with Crippen LogP contribution in [0.15, 0.2) is 53.1 Å². The third-order valence-corrected chi connectivity index (χ3v) is 3.41. The molecule has 0 bridgehead atoms. The standard InChI is InChI=1S/C18H14F2N2O4/c1-24-18(23)22-14-7-2-3-8-15(14)25-9-11-10-26-17(21-11)16-12(19)5-4-6-13(16)20/h2-8,10H,9H2,1H3,(H,22,23). The number of oxazole rings is 1. The van der Waals surface area contributed by atoms with E-state index in [-0.39, 0.29) is 18.1 Å². The SMILES string of the molecule is COC(=O)Nc1ccccc1OCc1coc(-c2c(F)cccc2F)n1. The number of amides is 1. The van der Waals surface area contributed by atoms with Gasteiger partial charge in [0, 0.05) is 0 Å². The fourth-order valence-corrected chi connectivity index (χ4v) is 2.20. The molecule has 0 fully saturated rings. The van der Waals surface area contributed by atoms with Crippen molar-refractivity contribution in [3.63, 3.8) is 0 Å². The Bertz CT molecular complexity index is 907. The fourth-order valence-electron chi connectivity index (χ4n) is 2.20. The van der Waals surface area contributed by atoms with Gasteiger partial charge in [0.25, 0.3) is 0 Å². The van der Waals surface area contributed by atoms with Gasteiger partial charge in [-0.1, -0.05) is 18.2 Å². The highest BCUT2D eigenvalue weighted by Gasteiger charge is 2.17. The first-order valence-corrected chi connectivity index (χ1v) is 7.54. The predicted molar refractivity (Wildman–Crippen MR) is 88.7 cm³/mol. The second-order valence-corrected chi connectivity index (χ2v) is 5.14. The molecular weight excluding hydrogens is 346 g/mol. The van der Waals surface area contributed by atoms with Gasteiger partial charge in [-0.15, -0.1) is 0 Å². The molecule has 0 radical (unpaired) electrons. The minimum Gasteiger partial charge on any atom is -0.485 e. The number of aromatic nitrogens is 1. The lowest BCUT2D eigenvalue weighted by Crippen LogP contribution is -2.12. The van der Waals surface area contributed by atoms with Crippen molar-refractivity contribution < 1.29 is 27.5 Å². The molecule has 0 unspecified atom stereocenters. The first-order chi connectivity index (χ1) is 12.6. The molecule has 0 spiro atoms. The molecule has 8 heteroatoms. The number of methoxy groups -OCH3 is 1. The first kappa shape index (κ1) is 17.4. The summed E-state index contributed by atoms with van der Waals surface area (Å²) in [5, 5.41) is 2.51. The number of nitrogens with one attached hydrogen (secondary N) is 1. The maximum atomic E-state index is 13.8. The molecule has 0 aliphatic carbocycles. The highest BCUT2D eigenvalue weighted by molar-refractivity contribution is 5.86. The molecule has 26 heavy (non-hydrogen) atoms. The molecule has 6 nitrogen and oxygen atoms in total. The Morgan fingerprint density at radius 2 is 1.88 bits per heavy atom. The zero-order chi connectivity index (χ0) is 18.5. The van der Waals surface area contributed by atoms with E-state index < -0.39 is 17.7 Å². The first-order valence-electron chi connectivity index (χ1n) is 7.54. The van der Waals surface area contributed by atoms with Gasteiger partial charge in [0.05, 0.1) is 12.8 Å². The number of anilines is 1. The number of hydrogen-bond donors (Lipinski definition) is 1. The predicted octanol–water partition coefficient (Wildman–Crippen LogP) is 4.38. The lowest BCUT2D eigenvalue weighted by molar-refractivity contribution is 0.186. The maximum Gasteiger partial charge on any atom is 0.411 e.